The van der Waals surface area contributed by atoms with Gasteiger partial charge >= 0.3 is 0 Å². The van der Waals surface area contributed by atoms with E-state index in [0.29, 0.717) is 11.3 Å². The zero-order valence-corrected chi connectivity index (χ0v) is 10.5. The molecule has 3 N–H and O–H groups in total. The maximum absolute atomic E-state index is 12.0. The molecule has 17 heavy (non-hydrogen) atoms. The number of nitrogens with two attached hydrogens (primary N) is 1. The quantitative estimate of drug-likeness (QED) is 0.784. The van der Waals surface area contributed by atoms with E-state index in [4.69, 9.17) is 5.73 Å². The van der Waals surface area contributed by atoms with Gasteiger partial charge in [0.2, 0.25) is 0 Å². The molecule has 1 saturated carbocycles. The summed E-state index contributed by atoms with van der Waals surface area (Å²) < 4.78 is 0. The number of hydrogen-bond acceptors (Lipinski definition) is 2. The average molecular weight is 232 g/mol. The van der Waals surface area contributed by atoms with Crippen LogP contribution in [0.1, 0.15) is 42.1 Å². The zero-order chi connectivity index (χ0) is 12.4. The van der Waals surface area contributed by atoms with Crippen LogP contribution in [-0.2, 0) is 0 Å². The third kappa shape index (κ3) is 3.48. The number of anilines is 1. The third-order valence-electron chi connectivity index (χ3n) is 3.12. The lowest BCUT2D eigenvalue weighted by Crippen LogP contribution is -2.32. The second-order valence-electron chi connectivity index (χ2n) is 5.19. The van der Waals surface area contributed by atoms with E-state index in [9.17, 15) is 4.79 Å². The van der Waals surface area contributed by atoms with E-state index in [0.717, 1.165) is 17.9 Å². The van der Waals surface area contributed by atoms with Crippen LogP contribution in [0.15, 0.2) is 18.2 Å². The van der Waals surface area contributed by atoms with Gasteiger partial charge in [0.1, 0.15) is 0 Å². The Morgan fingerprint density at radius 2 is 2.18 bits per heavy atom. The van der Waals surface area contributed by atoms with Gasteiger partial charge in [-0.25, -0.2) is 0 Å². The molecule has 1 unspecified atom stereocenters. The van der Waals surface area contributed by atoms with Gasteiger partial charge in [-0.2, -0.15) is 0 Å². The highest BCUT2D eigenvalue weighted by Gasteiger charge is 2.24. The standard InChI is InChI=1S/C14H20N2O/c1-9-5-12(8-13(15)6-9)14(17)16-10(2)7-11-3-4-11/h5-6,8,10-11H,3-4,7,15H2,1-2H3,(H,16,17). The van der Waals surface area contributed by atoms with Gasteiger partial charge in [0.15, 0.2) is 0 Å². The molecule has 3 heteroatoms. The molecule has 0 radical (unpaired) electrons. The van der Waals surface area contributed by atoms with Crippen LogP contribution in [0.5, 0.6) is 0 Å². The first kappa shape index (κ1) is 12.0. The minimum atomic E-state index is -0.0199. The van der Waals surface area contributed by atoms with Crippen molar-refractivity contribution in [2.24, 2.45) is 5.92 Å². The molecule has 0 heterocycles. The lowest BCUT2D eigenvalue weighted by Gasteiger charge is -2.13. The highest BCUT2D eigenvalue weighted by molar-refractivity contribution is 5.95. The number of aryl methyl sites for hydroxylation is 1. The Morgan fingerprint density at radius 3 is 2.76 bits per heavy atom. The molecule has 1 atom stereocenters. The molecule has 0 aliphatic heterocycles. The Labute approximate surface area is 102 Å². The lowest BCUT2D eigenvalue weighted by atomic mass is 10.1. The first-order valence-corrected chi connectivity index (χ1v) is 6.22. The van der Waals surface area contributed by atoms with Crippen LogP contribution in [-0.4, -0.2) is 11.9 Å². The van der Waals surface area contributed by atoms with Crippen LogP contribution in [0, 0.1) is 12.8 Å². The molecule has 1 aromatic rings. The molecule has 1 fully saturated rings. The fraction of sp³-hybridized carbons (Fsp3) is 0.500. The fourth-order valence-corrected chi connectivity index (χ4v) is 2.16. The molecule has 0 bridgehead atoms. The van der Waals surface area contributed by atoms with Gasteiger partial charge in [-0.1, -0.05) is 12.8 Å². The fourth-order valence-electron chi connectivity index (χ4n) is 2.16. The van der Waals surface area contributed by atoms with E-state index in [-0.39, 0.29) is 11.9 Å². The molecule has 1 amide bonds. The van der Waals surface area contributed by atoms with E-state index >= 15 is 0 Å². The molecule has 1 aliphatic carbocycles. The van der Waals surface area contributed by atoms with Gasteiger partial charge in [-0.05, 0) is 49.9 Å². The van der Waals surface area contributed by atoms with Crippen molar-refractivity contribution in [2.75, 3.05) is 5.73 Å². The van der Waals surface area contributed by atoms with E-state index < -0.39 is 0 Å². The Morgan fingerprint density at radius 1 is 1.47 bits per heavy atom. The Bertz CT molecular complexity index is 404. The first-order chi connectivity index (χ1) is 8.04. The Balaban J connectivity index is 1.97. The summed E-state index contributed by atoms with van der Waals surface area (Å²) in [5.74, 6) is 0.807. The van der Waals surface area contributed by atoms with Gasteiger partial charge in [0.25, 0.3) is 5.91 Å². The number of carbonyl (C=O) groups is 1. The smallest absolute Gasteiger partial charge is 0.251 e. The number of hydrogen-bond donors (Lipinski definition) is 2. The molecular formula is C14H20N2O. The molecule has 0 aromatic heterocycles. The van der Waals surface area contributed by atoms with Crippen LogP contribution in [0.25, 0.3) is 0 Å². The summed E-state index contributed by atoms with van der Waals surface area (Å²) >= 11 is 0. The normalized spacial score (nSPS) is 16.6. The number of benzene rings is 1. The van der Waals surface area contributed by atoms with Crippen molar-refractivity contribution in [3.8, 4) is 0 Å². The highest BCUT2D eigenvalue weighted by Crippen LogP contribution is 2.33. The summed E-state index contributed by atoms with van der Waals surface area (Å²) in [6.45, 7) is 4.01. The van der Waals surface area contributed by atoms with Gasteiger partial charge in [0, 0.05) is 17.3 Å². The van der Waals surface area contributed by atoms with Gasteiger partial charge < -0.3 is 11.1 Å². The second kappa shape index (κ2) is 4.78. The van der Waals surface area contributed by atoms with Crippen LogP contribution in [0.3, 0.4) is 0 Å². The van der Waals surface area contributed by atoms with Gasteiger partial charge in [-0.3, -0.25) is 4.79 Å². The largest absolute Gasteiger partial charge is 0.399 e. The monoisotopic (exact) mass is 232 g/mol. The summed E-state index contributed by atoms with van der Waals surface area (Å²) in [5.41, 5.74) is 8.06. The predicted molar refractivity (Wildman–Crippen MR) is 69.9 cm³/mol. The topological polar surface area (TPSA) is 55.1 Å². The Hall–Kier alpha value is -1.51. The van der Waals surface area contributed by atoms with Crippen molar-refractivity contribution in [2.45, 2.75) is 39.2 Å². The summed E-state index contributed by atoms with van der Waals surface area (Å²) in [7, 11) is 0. The maximum Gasteiger partial charge on any atom is 0.251 e. The molecule has 3 nitrogen and oxygen atoms in total. The number of amides is 1. The van der Waals surface area contributed by atoms with Crippen LogP contribution < -0.4 is 11.1 Å². The number of rotatable bonds is 4. The molecule has 92 valence electrons. The van der Waals surface area contributed by atoms with E-state index in [2.05, 4.69) is 12.2 Å². The van der Waals surface area contributed by atoms with E-state index in [1.165, 1.54) is 12.8 Å². The van der Waals surface area contributed by atoms with E-state index in [1.807, 2.05) is 19.1 Å². The van der Waals surface area contributed by atoms with Gasteiger partial charge in [0.05, 0.1) is 0 Å². The summed E-state index contributed by atoms with van der Waals surface area (Å²) in [6, 6.07) is 5.71. The predicted octanol–water partition coefficient (Wildman–Crippen LogP) is 2.50. The molecular weight excluding hydrogens is 212 g/mol. The van der Waals surface area contributed by atoms with Crippen molar-refractivity contribution >= 4 is 11.6 Å². The summed E-state index contributed by atoms with van der Waals surface area (Å²) in [5, 5.41) is 3.03. The minimum Gasteiger partial charge on any atom is -0.399 e. The minimum absolute atomic E-state index is 0.0199. The molecule has 0 spiro atoms. The molecule has 1 aliphatic rings. The van der Waals surface area contributed by atoms with Crippen LogP contribution in [0.2, 0.25) is 0 Å². The second-order valence-corrected chi connectivity index (χ2v) is 5.19. The van der Waals surface area contributed by atoms with Crippen molar-refractivity contribution in [3.05, 3.63) is 29.3 Å². The first-order valence-electron chi connectivity index (χ1n) is 6.22. The van der Waals surface area contributed by atoms with Gasteiger partial charge in [-0.15, -0.1) is 0 Å². The van der Waals surface area contributed by atoms with Crippen molar-refractivity contribution in [3.63, 3.8) is 0 Å². The number of nitrogen functional groups attached to an aromatic ring is 1. The molecule has 0 saturated heterocycles. The highest BCUT2D eigenvalue weighted by atomic mass is 16.1. The van der Waals surface area contributed by atoms with Crippen molar-refractivity contribution < 1.29 is 4.79 Å². The Kier molecular flexibility index (Phi) is 3.36. The third-order valence-corrected chi connectivity index (χ3v) is 3.12. The van der Waals surface area contributed by atoms with Crippen molar-refractivity contribution in [1.82, 2.24) is 5.32 Å². The maximum atomic E-state index is 12.0. The SMILES string of the molecule is Cc1cc(N)cc(C(=O)NC(C)CC2CC2)c1. The van der Waals surface area contributed by atoms with E-state index in [1.54, 1.807) is 6.07 Å². The summed E-state index contributed by atoms with van der Waals surface area (Å²) in [6.07, 6.45) is 3.72. The van der Waals surface area contributed by atoms with Crippen LogP contribution in [0.4, 0.5) is 5.69 Å². The molecule has 1 aromatic carbocycles. The summed E-state index contributed by atoms with van der Waals surface area (Å²) in [4.78, 5) is 12.0. The lowest BCUT2D eigenvalue weighted by molar-refractivity contribution is 0.0937. The van der Waals surface area contributed by atoms with Crippen molar-refractivity contribution in [1.29, 1.82) is 0 Å². The number of carbonyl (C=O) groups excluding carboxylic acids is 1. The van der Waals surface area contributed by atoms with Crippen LogP contribution >= 0.6 is 0 Å². The zero-order valence-electron chi connectivity index (χ0n) is 10.5. The number of nitrogens with one attached hydrogen (secondary N) is 1. The average Bonchev–Trinajstić information content (AvgIpc) is 2.99. The molecule has 2 rings (SSSR count).